The normalized spacial score (nSPS) is 11.0. The topological polar surface area (TPSA) is 72.5 Å². The molecule has 0 aromatic heterocycles. The van der Waals surface area contributed by atoms with Crippen LogP contribution in [0.15, 0.2) is 11.1 Å². The molecule has 0 aliphatic heterocycles. The van der Waals surface area contributed by atoms with Crippen molar-refractivity contribution in [2.24, 2.45) is 0 Å². The summed E-state index contributed by atoms with van der Waals surface area (Å²) in [6, 6.07) is 0. The van der Waals surface area contributed by atoms with Crippen molar-refractivity contribution < 1.29 is 17.9 Å². The molecule has 0 saturated carbocycles. The molecule has 14 heavy (non-hydrogen) atoms. The lowest BCUT2D eigenvalue weighted by Crippen LogP contribution is -2.31. The van der Waals surface area contributed by atoms with Crippen molar-refractivity contribution in [1.29, 1.82) is 0 Å². The Morgan fingerprint density at radius 3 is 2.57 bits per heavy atom. The zero-order chi connectivity index (χ0) is 11.2. The lowest BCUT2D eigenvalue weighted by atomic mass is 10.7. The van der Waals surface area contributed by atoms with E-state index in [1.807, 2.05) is 0 Å². The van der Waals surface area contributed by atoms with Crippen LogP contribution in [0.2, 0.25) is 0 Å². The minimum absolute atomic E-state index is 0.0573. The van der Waals surface area contributed by atoms with E-state index in [-0.39, 0.29) is 13.2 Å². The van der Waals surface area contributed by atoms with Crippen molar-refractivity contribution in [3.8, 4) is 0 Å². The van der Waals surface area contributed by atoms with E-state index in [1.165, 1.54) is 0 Å². The van der Waals surface area contributed by atoms with Crippen molar-refractivity contribution >= 4 is 31.9 Å². The Kier molecular flexibility index (Phi) is 5.98. The fraction of sp³-hybridized carbons (Fsp3) is 0.571. The fourth-order valence-corrected chi connectivity index (χ4v) is 1.81. The van der Waals surface area contributed by atoms with Gasteiger partial charge in [-0.15, -0.1) is 0 Å². The SMILES string of the molecule is C=C(Br)CNS(=O)(=O)CC(=O)OCC. The molecule has 82 valence electrons. The standard InChI is InChI=1S/C7H12BrNO4S/c1-3-13-7(10)5-14(11,12)9-4-6(2)8/h9H,2-5H2,1H3. The molecule has 0 unspecified atom stereocenters. The van der Waals surface area contributed by atoms with E-state index >= 15 is 0 Å². The number of sulfonamides is 1. The smallest absolute Gasteiger partial charge is 0.322 e. The highest BCUT2D eigenvalue weighted by Crippen LogP contribution is 1.98. The molecule has 0 heterocycles. The number of carbonyl (C=O) groups excluding carboxylic acids is 1. The van der Waals surface area contributed by atoms with E-state index in [9.17, 15) is 13.2 Å². The molecule has 0 spiro atoms. The number of ether oxygens (including phenoxy) is 1. The van der Waals surface area contributed by atoms with Crippen LogP contribution in [0.5, 0.6) is 0 Å². The second-order valence-electron chi connectivity index (χ2n) is 2.40. The molecular formula is C7H12BrNO4S. The third-order valence-electron chi connectivity index (χ3n) is 1.10. The maximum absolute atomic E-state index is 11.1. The second kappa shape index (κ2) is 6.15. The number of carbonyl (C=O) groups is 1. The van der Waals surface area contributed by atoms with Gasteiger partial charge in [0.2, 0.25) is 10.0 Å². The zero-order valence-corrected chi connectivity index (χ0v) is 10.2. The lowest BCUT2D eigenvalue weighted by molar-refractivity contribution is -0.139. The van der Waals surface area contributed by atoms with Crippen LogP contribution >= 0.6 is 15.9 Å². The van der Waals surface area contributed by atoms with Crippen molar-refractivity contribution in [3.63, 3.8) is 0 Å². The number of nitrogens with one attached hydrogen (secondary N) is 1. The largest absolute Gasteiger partial charge is 0.465 e. The molecular weight excluding hydrogens is 274 g/mol. The molecule has 5 nitrogen and oxygen atoms in total. The van der Waals surface area contributed by atoms with Gasteiger partial charge in [-0.25, -0.2) is 13.1 Å². The molecule has 0 amide bonds. The Labute approximate surface area is 91.7 Å². The number of hydrogen-bond donors (Lipinski definition) is 1. The summed E-state index contributed by atoms with van der Waals surface area (Å²) in [5.74, 6) is -1.43. The van der Waals surface area contributed by atoms with Crippen molar-refractivity contribution in [3.05, 3.63) is 11.1 Å². The van der Waals surface area contributed by atoms with Gasteiger partial charge in [0.15, 0.2) is 5.75 Å². The third-order valence-corrected chi connectivity index (χ3v) is 2.58. The predicted octanol–water partition coefficient (Wildman–Crippen LogP) is 0.377. The van der Waals surface area contributed by atoms with Crippen LogP contribution in [0.25, 0.3) is 0 Å². The van der Waals surface area contributed by atoms with Crippen LogP contribution in [0.3, 0.4) is 0 Å². The van der Waals surface area contributed by atoms with Crippen molar-refractivity contribution in [2.45, 2.75) is 6.92 Å². The van der Waals surface area contributed by atoms with Gasteiger partial charge in [0, 0.05) is 11.0 Å². The third kappa shape index (κ3) is 7.05. The van der Waals surface area contributed by atoms with E-state index in [1.54, 1.807) is 6.92 Å². The Bertz CT molecular complexity index is 312. The highest BCUT2D eigenvalue weighted by atomic mass is 79.9. The van der Waals surface area contributed by atoms with Gasteiger partial charge in [-0.2, -0.15) is 0 Å². The molecule has 0 radical (unpaired) electrons. The van der Waals surface area contributed by atoms with Crippen molar-refractivity contribution in [1.82, 2.24) is 4.72 Å². The van der Waals surface area contributed by atoms with E-state index in [0.29, 0.717) is 4.48 Å². The lowest BCUT2D eigenvalue weighted by Gasteiger charge is -2.04. The van der Waals surface area contributed by atoms with Crippen LogP contribution < -0.4 is 4.72 Å². The van der Waals surface area contributed by atoms with E-state index < -0.39 is 21.7 Å². The number of esters is 1. The fourth-order valence-electron chi connectivity index (χ4n) is 0.597. The van der Waals surface area contributed by atoms with Crippen LogP contribution in [-0.2, 0) is 19.6 Å². The van der Waals surface area contributed by atoms with Gasteiger partial charge in [-0.3, -0.25) is 4.79 Å². The summed E-state index contributed by atoms with van der Waals surface area (Å²) in [6.45, 7) is 5.28. The predicted molar refractivity (Wildman–Crippen MR) is 56.5 cm³/mol. The van der Waals surface area contributed by atoms with Gasteiger partial charge in [0.25, 0.3) is 0 Å². The Morgan fingerprint density at radius 2 is 2.14 bits per heavy atom. The maximum atomic E-state index is 11.1. The summed E-state index contributed by atoms with van der Waals surface area (Å²) in [6.07, 6.45) is 0. The van der Waals surface area contributed by atoms with Gasteiger partial charge < -0.3 is 4.74 Å². The molecule has 7 heteroatoms. The molecule has 0 aliphatic carbocycles. The van der Waals surface area contributed by atoms with Gasteiger partial charge >= 0.3 is 5.97 Å². The van der Waals surface area contributed by atoms with Gasteiger partial charge in [0.1, 0.15) is 0 Å². The number of hydrogen-bond acceptors (Lipinski definition) is 4. The first kappa shape index (κ1) is 13.6. The quantitative estimate of drug-likeness (QED) is 0.716. The molecule has 0 fully saturated rings. The first-order chi connectivity index (χ1) is 6.37. The number of halogens is 1. The Morgan fingerprint density at radius 1 is 1.57 bits per heavy atom. The number of rotatable bonds is 6. The summed E-state index contributed by atoms with van der Waals surface area (Å²) in [7, 11) is -3.61. The highest BCUT2D eigenvalue weighted by Gasteiger charge is 2.16. The highest BCUT2D eigenvalue weighted by molar-refractivity contribution is 9.11. The average Bonchev–Trinajstić information content (AvgIpc) is 2.00. The van der Waals surface area contributed by atoms with Crippen LogP contribution in [-0.4, -0.2) is 33.3 Å². The van der Waals surface area contributed by atoms with Gasteiger partial charge in [0.05, 0.1) is 6.61 Å². The maximum Gasteiger partial charge on any atom is 0.322 e. The second-order valence-corrected chi connectivity index (χ2v) is 5.33. The monoisotopic (exact) mass is 285 g/mol. The van der Waals surface area contributed by atoms with Crippen LogP contribution in [0, 0.1) is 0 Å². The molecule has 0 aromatic carbocycles. The summed E-state index contributed by atoms with van der Waals surface area (Å²) < 4.78 is 29.4. The molecule has 0 atom stereocenters. The Balaban J connectivity index is 4.08. The first-order valence-corrected chi connectivity index (χ1v) is 6.28. The molecule has 0 aliphatic rings. The van der Waals surface area contributed by atoms with E-state index in [0.717, 1.165) is 0 Å². The van der Waals surface area contributed by atoms with Crippen molar-refractivity contribution in [2.75, 3.05) is 18.9 Å². The Hall–Kier alpha value is -0.400. The summed E-state index contributed by atoms with van der Waals surface area (Å²) in [5, 5.41) is 0. The van der Waals surface area contributed by atoms with E-state index in [2.05, 4.69) is 32.0 Å². The van der Waals surface area contributed by atoms with E-state index in [4.69, 9.17) is 0 Å². The average molecular weight is 286 g/mol. The molecule has 0 aromatic rings. The summed E-state index contributed by atoms with van der Waals surface area (Å²) >= 11 is 2.99. The molecule has 0 rings (SSSR count). The first-order valence-electron chi connectivity index (χ1n) is 3.83. The minimum Gasteiger partial charge on any atom is -0.465 e. The van der Waals surface area contributed by atoms with Gasteiger partial charge in [-0.1, -0.05) is 22.5 Å². The summed E-state index contributed by atoms with van der Waals surface area (Å²) in [4.78, 5) is 10.8. The molecule has 0 bridgehead atoms. The van der Waals surface area contributed by atoms with Gasteiger partial charge in [-0.05, 0) is 6.92 Å². The zero-order valence-electron chi connectivity index (χ0n) is 7.75. The molecule has 0 saturated heterocycles. The van der Waals surface area contributed by atoms with Crippen LogP contribution in [0.4, 0.5) is 0 Å². The molecule has 1 N–H and O–H groups in total. The van der Waals surface area contributed by atoms with Crippen LogP contribution in [0.1, 0.15) is 6.92 Å². The minimum atomic E-state index is -3.61. The summed E-state index contributed by atoms with van der Waals surface area (Å²) in [5.41, 5.74) is 0.